The summed E-state index contributed by atoms with van der Waals surface area (Å²) in [7, 11) is 3.23. The minimum Gasteiger partial charge on any atom is -0.497 e. The quantitative estimate of drug-likeness (QED) is 0.774. The highest BCUT2D eigenvalue weighted by atomic mass is 32.1. The van der Waals surface area contributed by atoms with Crippen LogP contribution in [0.1, 0.15) is 5.56 Å². The van der Waals surface area contributed by atoms with E-state index in [-0.39, 0.29) is 5.24 Å². The highest BCUT2D eigenvalue weighted by molar-refractivity contribution is 7.96. The third kappa shape index (κ3) is 3.66. The summed E-state index contributed by atoms with van der Waals surface area (Å²) in [5.74, 6) is 1.56. The second-order valence-corrected chi connectivity index (χ2v) is 3.57. The molecule has 0 aliphatic heterocycles. The van der Waals surface area contributed by atoms with E-state index in [1.54, 1.807) is 14.2 Å². The first-order chi connectivity index (χ1) is 7.67. The molecule has 0 aliphatic rings. The minimum absolute atomic E-state index is 0.332. The first-order valence-electron chi connectivity index (χ1n) is 4.85. The number of methoxy groups -OCH3 is 2. The van der Waals surface area contributed by atoms with Gasteiger partial charge in [-0.15, -0.1) is 0 Å². The second-order valence-electron chi connectivity index (χ2n) is 3.16. The molecule has 0 saturated carbocycles. The number of amides is 1. The van der Waals surface area contributed by atoms with Crippen molar-refractivity contribution in [3.63, 3.8) is 0 Å². The summed E-state index contributed by atoms with van der Waals surface area (Å²) in [6.45, 7) is 0.520. The van der Waals surface area contributed by atoms with Gasteiger partial charge < -0.3 is 14.8 Å². The van der Waals surface area contributed by atoms with E-state index < -0.39 is 0 Å². The molecule has 0 fully saturated rings. The first-order valence-corrected chi connectivity index (χ1v) is 5.29. The summed E-state index contributed by atoms with van der Waals surface area (Å²) in [5.41, 5.74) is 0.990. The topological polar surface area (TPSA) is 47.6 Å². The Hall–Kier alpha value is -1.36. The Bertz CT molecular complexity index is 368. The predicted molar refractivity (Wildman–Crippen MR) is 65.6 cm³/mol. The third-order valence-electron chi connectivity index (χ3n) is 2.16. The number of hydrogen-bond acceptors (Lipinski definition) is 3. The highest BCUT2D eigenvalue weighted by Crippen LogP contribution is 2.23. The Labute approximate surface area is 100 Å². The number of hydrogen-bond donors (Lipinski definition) is 2. The summed E-state index contributed by atoms with van der Waals surface area (Å²) >= 11 is 3.63. The van der Waals surface area contributed by atoms with Crippen LogP contribution in [0.2, 0.25) is 0 Å². The lowest BCUT2D eigenvalue weighted by Gasteiger charge is -2.10. The maximum Gasteiger partial charge on any atom is 0.275 e. The van der Waals surface area contributed by atoms with Crippen molar-refractivity contribution in [2.45, 2.75) is 6.42 Å². The molecule has 0 unspecified atom stereocenters. The molecule has 0 aromatic heterocycles. The van der Waals surface area contributed by atoms with E-state index in [9.17, 15) is 4.79 Å². The number of benzene rings is 1. The Balaban J connectivity index is 2.71. The molecule has 1 rings (SSSR count). The van der Waals surface area contributed by atoms with E-state index in [4.69, 9.17) is 9.47 Å². The Morgan fingerprint density at radius 2 is 2.12 bits per heavy atom. The van der Waals surface area contributed by atoms with Crippen LogP contribution in [0, 0.1) is 0 Å². The van der Waals surface area contributed by atoms with Gasteiger partial charge in [0.25, 0.3) is 5.24 Å². The van der Waals surface area contributed by atoms with Crippen LogP contribution < -0.4 is 14.8 Å². The summed E-state index contributed by atoms with van der Waals surface area (Å²) in [6.07, 6.45) is 0.673. The average Bonchev–Trinajstić information content (AvgIpc) is 2.28. The van der Waals surface area contributed by atoms with Gasteiger partial charge >= 0.3 is 0 Å². The molecular formula is C11H15NO3S. The van der Waals surface area contributed by atoms with Crippen LogP contribution in [0.3, 0.4) is 0 Å². The van der Waals surface area contributed by atoms with Crippen molar-refractivity contribution in [3.8, 4) is 11.5 Å². The van der Waals surface area contributed by atoms with Crippen LogP contribution in [0.25, 0.3) is 0 Å². The molecule has 0 bridgehead atoms. The minimum atomic E-state index is -0.332. The lowest BCUT2D eigenvalue weighted by molar-refractivity contribution is 0.261. The van der Waals surface area contributed by atoms with Crippen molar-refractivity contribution in [1.29, 1.82) is 0 Å². The maximum atomic E-state index is 10.6. The van der Waals surface area contributed by atoms with Crippen molar-refractivity contribution < 1.29 is 14.3 Å². The number of carbonyl (C=O) groups is 1. The van der Waals surface area contributed by atoms with Gasteiger partial charge in [0.05, 0.1) is 14.2 Å². The molecule has 1 aromatic rings. The van der Waals surface area contributed by atoms with E-state index in [0.29, 0.717) is 13.0 Å². The number of thiol groups is 1. The predicted octanol–water partition coefficient (Wildman–Crippen LogP) is 1.89. The van der Waals surface area contributed by atoms with Crippen molar-refractivity contribution in [3.05, 3.63) is 23.8 Å². The number of nitrogens with one attached hydrogen (secondary N) is 1. The zero-order chi connectivity index (χ0) is 12.0. The summed E-state index contributed by atoms with van der Waals surface area (Å²) in [5, 5.41) is 2.28. The van der Waals surface area contributed by atoms with Crippen LogP contribution in [-0.4, -0.2) is 26.0 Å². The molecule has 0 atom stereocenters. The molecule has 0 radical (unpaired) electrons. The van der Waals surface area contributed by atoms with Crippen molar-refractivity contribution in [2.75, 3.05) is 20.8 Å². The maximum absolute atomic E-state index is 10.6. The fourth-order valence-electron chi connectivity index (χ4n) is 1.38. The third-order valence-corrected chi connectivity index (χ3v) is 2.32. The number of ether oxygens (including phenoxy) is 2. The van der Waals surface area contributed by atoms with E-state index in [1.807, 2.05) is 18.2 Å². The molecule has 0 saturated heterocycles. The SMILES string of the molecule is COc1ccc(OC)c(CCNC(=O)S)c1. The summed E-state index contributed by atoms with van der Waals surface area (Å²) in [4.78, 5) is 10.6. The van der Waals surface area contributed by atoms with Crippen LogP contribution in [0.5, 0.6) is 11.5 Å². The van der Waals surface area contributed by atoms with Gasteiger partial charge in [-0.3, -0.25) is 4.79 Å². The molecule has 5 heteroatoms. The molecule has 4 nitrogen and oxygen atoms in total. The van der Waals surface area contributed by atoms with E-state index >= 15 is 0 Å². The molecule has 0 heterocycles. The van der Waals surface area contributed by atoms with Gasteiger partial charge in [0.1, 0.15) is 11.5 Å². The Morgan fingerprint density at radius 1 is 1.38 bits per heavy atom. The molecule has 1 aromatic carbocycles. The fourth-order valence-corrected chi connectivity index (χ4v) is 1.49. The van der Waals surface area contributed by atoms with Crippen LogP contribution in [0.4, 0.5) is 4.79 Å². The highest BCUT2D eigenvalue weighted by Gasteiger charge is 2.05. The van der Waals surface area contributed by atoms with E-state index in [1.165, 1.54) is 0 Å². The molecule has 16 heavy (non-hydrogen) atoms. The zero-order valence-corrected chi connectivity index (χ0v) is 10.2. The molecule has 0 aliphatic carbocycles. The summed E-state index contributed by atoms with van der Waals surface area (Å²) in [6, 6.07) is 5.57. The first kappa shape index (κ1) is 12.7. The average molecular weight is 241 g/mol. The van der Waals surface area contributed by atoms with E-state index in [0.717, 1.165) is 17.1 Å². The number of rotatable bonds is 5. The lowest BCUT2D eigenvalue weighted by Crippen LogP contribution is -2.19. The van der Waals surface area contributed by atoms with Crippen LogP contribution >= 0.6 is 12.6 Å². The smallest absolute Gasteiger partial charge is 0.275 e. The van der Waals surface area contributed by atoms with Gasteiger partial charge in [0.2, 0.25) is 0 Å². The van der Waals surface area contributed by atoms with Gasteiger partial charge in [-0.05, 0) is 30.2 Å². The molecular weight excluding hydrogens is 226 g/mol. The van der Waals surface area contributed by atoms with Crippen LogP contribution in [0.15, 0.2) is 18.2 Å². The molecule has 88 valence electrons. The largest absolute Gasteiger partial charge is 0.497 e. The summed E-state index contributed by atoms with van der Waals surface area (Å²) < 4.78 is 10.3. The monoisotopic (exact) mass is 241 g/mol. The normalized spacial score (nSPS) is 9.69. The van der Waals surface area contributed by atoms with Gasteiger partial charge in [-0.1, -0.05) is 12.6 Å². The van der Waals surface area contributed by atoms with Gasteiger partial charge in [0.15, 0.2) is 0 Å². The molecule has 1 N–H and O–H groups in total. The molecule has 0 spiro atoms. The fraction of sp³-hybridized carbons (Fsp3) is 0.364. The van der Waals surface area contributed by atoms with Crippen LogP contribution in [-0.2, 0) is 6.42 Å². The van der Waals surface area contributed by atoms with Gasteiger partial charge in [-0.2, -0.15) is 0 Å². The second kappa shape index (κ2) is 6.27. The zero-order valence-electron chi connectivity index (χ0n) is 9.32. The molecule has 1 amide bonds. The van der Waals surface area contributed by atoms with Crippen molar-refractivity contribution in [1.82, 2.24) is 5.32 Å². The van der Waals surface area contributed by atoms with Crippen molar-refractivity contribution >= 4 is 17.9 Å². The Morgan fingerprint density at radius 3 is 2.69 bits per heavy atom. The Kier molecular flexibility index (Phi) is 4.98. The standard InChI is InChI=1S/C11H15NO3S/c1-14-9-3-4-10(15-2)8(7-9)5-6-12-11(13)16/h3-4,7H,5-6H2,1-2H3,(H2,12,13,16). The van der Waals surface area contributed by atoms with E-state index in [2.05, 4.69) is 17.9 Å². The lowest BCUT2D eigenvalue weighted by atomic mass is 10.1. The van der Waals surface area contributed by atoms with Gasteiger partial charge in [0, 0.05) is 6.54 Å². The number of carbonyl (C=O) groups excluding carboxylic acids is 1. The van der Waals surface area contributed by atoms with Gasteiger partial charge in [-0.25, -0.2) is 0 Å². The van der Waals surface area contributed by atoms with Crippen molar-refractivity contribution in [2.24, 2.45) is 0 Å².